The van der Waals surface area contributed by atoms with Crippen molar-refractivity contribution in [2.24, 2.45) is 0 Å². The Morgan fingerprint density at radius 1 is 0.442 bits per heavy atom. The van der Waals surface area contributed by atoms with Crippen molar-refractivity contribution in [1.29, 1.82) is 0 Å². The minimum absolute atomic E-state index is 0.195. The number of hydrogen-bond donors (Lipinski definition) is 0. The molecule has 0 N–H and O–H groups in total. The van der Waals surface area contributed by atoms with Crippen LogP contribution in [0, 0.1) is 0 Å². The second-order valence-electron chi connectivity index (χ2n) is 12.3. The van der Waals surface area contributed by atoms with Gasteiger partial charge in [-0.15, -0.1) is 0 Å². The molecule has 9 rings (SSSR count). The summed E-state index contributed by atoms with van der Waals surface area (Å²) in [6, 6.07) is 49.1. The van der Waals surface area contributed by atoms with E-state index in [1.807, 2.05) is 6.20 Å². The molecule has 202 valence electrons. The molecular weight excluding hydrogens is 518 g/mol. The van der Waals surface area contributed by atoms with Gasteiger partial charge in [0, 0.05) is 17.0 Å². The van der Waals surface area contributed by atoms with Gasteiger partial charge in [0.1, 0.15) is 0 Å². The van der Waals surface area contributed by atoms with Gasteiger partial charge in [0.2, 0.25) is 0 Å². The summed E-state index contributed by atoms with van der Waals surface area (Å²) in [4.78, 5) is 4.77. The molecule has 0 aliphatic heterocycles. The maximum absolute atomic E-state index is 4.77. The third-order valence-corrected chi connectivity index (χ3v) is 9.69. The predicted octanol–water partition coefficient (Wildman–Crippen LogP) is 11.3. The first-order valence-electron chi connectivity index (χ1n) is 15.1. The Hall–Kier alpha value is -5.27. The van der Waals surface area contributed by atoms with Gasteiger partial charge in [0.25, 0.3) is 0 Å². The first-order valence-corrected chi connectivity index (χ1v) is 15.1. The summed E-state index contributed by atoms with van der Waals surface area (Å²) in [5.74, 6) is 0. The highest BCUT2D eigenvalue weighted by Crippen LogP contribution is 2.54. The standard InChI is InChI=1S/C42H29N/c1-42(2)35-21-12-22-37-41(35)33(23-24-43-37)40-28-16-7-6-15-27(28)34(25-36(40)42)39-31-19-10-8-17-29(31)38(26-13-4-3-5-14-26)30-18-9-11-20-32(30)39/h3-25H,1-2H3. The first kappa shape index (κ1) is 24.3. The molecule has 1 nitrogen and oxygen atoms in total. The van der Waals surface area contributed by atoms with Crippen LogP contribution in [0.2, 0.25) is 0 Å². The topological polar surface area (TPSA) is 12.9 Å². The van der Waals surface area contributed by atoms with Crippen LogP contribution in [0.3, 0.4) is 0 Å². The lowest BCUT2D eigenvalue weighted by molar-refractivity contribution is 0.646. The van der Waals surface area contributed by atoms with Crippen LogP contribution < -0.4 is 0 Å². The average molecular weight is 548 g/mol. The molecule has 1 aliphatic carbocycles. The number of hydrogen-bond acceptors (Lipinski definition) is 1. The fourth-order valence-corrected chi connectivity index (χ4v) is 7.78. The van der Waals surface area contributed by atoms with E-state index in [0.29, 0.717) is 0 Å². The Morgan fingerprint density at radius 3 is 1.65 bits per heavy atom. The third kappa shape index (κ3) is 3.31. The van der Waals surface area contributed by atoms with Crippen LogP contribution in [0.4, 0.5) is 0 Å². The fraction of sp³-hybridized carbons (Fsp3) is 0.0714. The molecule has 1 heteroatoms. The summed E-state index contributed by atoms with van der Waals surface area (Å²) in [7, 11) is 0. The third-order valence-electron chi connectivity index (χ3n) is 9.69. The van der Waals surface area contributed by atoms with E-state index in [1.165, 1.54) is 82.2 Å². The van der Waals surface area contributed by atoms with Crippen molar-refractivity contribution >= 4 is 43.2 Å². The molecule has 1 heterocycles. The minimum atomic E-state index is -0.195. The van der Waals surface area contributed by atoms with E-state index in [0.717, 1.165) is 5.52 Å². The summed E-state index contributed by atoms with van der Waals surface area (Å²) in [6.45, 7) is 4.76. The molecule has 1 aromatic heterocycles. The van der Waals surface area contributed by atoms with E-state index in [-0.39, 0.29) is 5.41 Å². The van der Waals surface area contributed by atoms with Crippen LogP contribution in [0.1, 0.15) is 25.0 Å². The molecule has 0 bridgehead atoms. The van der Waals surface area contributed by atoms with Gasteiger partial charge in [0.15, 0.2) is 0 Å². The molecule has 0 saturated heterocycles. The Morgan fingerprint density at radius 2 is 1.00 bits per heavy atom. The van der Waals surface area contributed by atoms with Crippen LogP contribution in [0.15, 0.2) is 140 Å². The lowest BCUT2D eigenvalue weighted by Gasteiger charge is -2.36. The van der Waals surface area contributed by atoms with Crippen molar-refractivity contribution in [3.05, 3.63) is 151 Å². The van der Waals surface area contributed by atoms with Crippen LogP contribution in [0.25, 0.3) is 76.6 Å². The first-order chi connectivity index (χ1) is 21.1. The SMILES string of the molecule is CC1(C)c2cc(-c3c4ccccc4c(-c4ccccc4)c4ccccc34)c3ccccc3c2-c2ccnc3cccc1c23. The van der Waals surface area contributed by atoms with Gasteiger partial charge in [-0.3, -0.25) is 4.98 Å². The molecule has 1 aliphatic rings. The van der Waals surface area contributed by atoms with Crippen LogP contribution in [0.5, 0.6) is 0 Å². The lowest BCUT2D eigenvalue weighted by atomic mass is 9.67. The predicted molar refractivity (Wildman–Crippen MR) is 183 cm³/mol. The van der Waals surface area contributed by atoms with E-state index in [9.17, 15) is 0 Å². The minimum Gasteiger partial charge on any atom is -0.256 e. The van der Waals surface area contributed by atoms with Gasteiger partial charge >= 0.3 is 0 Å². The summed E-state index contributed by atoms with van der Waals surface area (Å²) in [5.41, 5.74) is 11.3. The molecule has 0 fully saturated rings. The van der Waals surface area contributed by atoms with Gasteiger partial charge < -0.3 is 0 Å². The summed E-state index contributed by atoms with van der Waals surface area (Å²) in [6.07, 6.45) is 1.97. The second-order valence-corrected chi connectivity index (χ2v) is 12.3. The Bertz CT molecular complexity index is 2350. The highest BCUT2D eigenvalue weighted by atomic mass is 14.7. The molecule has 8 aromatic rings. The van der Waals surface area contributed by atoms with Crippen molar-refractivity contribution in [2.75, 3.05) is 0 Å². The number of rotatable bonds is 2. The van der Waals surface area contributed by atoms with Gasteiger partial charge in [-0.1, -0.05) is 129 Å². The molecule has 43 heavy (non-hydrogen) atoms. The van der Waals surface area contributed by atoms with Crippen LogP contribution >= 0.6 is 0 Å². The lowest BCUT2D eigenvalue weighted by Crippen LogP contribution is -2.24. The summed E-state index contributed by atoms with van der Waals surface area (Å²) >= 11 is 0. The monoisotopic (exact) mass is 547 g/mol. The van der Waals surface area contributed by atoms with E-state index < -0.39 is 0 Å². The Kier molecular flexibility index (Phi) is 5.02. The number of aromatic nitrogens is 1. The molecule has 0 radical (unpaired) electrons. The van der Waals surface area contributed by atoms with Crippen LogP contribution in [-0.2, 0) is 5.41 Å². The summed E-state index contributed by atoms with van der Waals surface area (Å²) < 4.78 is 0. The van der Waals surface area contributed by atoms with Gasteiger partial charge in [0.05, 0.1) is 5.52 Å². The van der Waals surface area contributed by atoms with E-state index in [1.54, 1.807) is 0 Å². The zero-order valence-electron chi connectivity index (χ0n) is 24.2. The van der Waals surface area contributed by atoms with E-state index in [2.05, 4.69) is 147 Å². The highest BCUT2D eigenvalue weighted by molar-refractivity contribution is 6.25. The highest BCUT2D eigenvalue weighted by Gasteiger charge is 2.35. The molecular formula is C42H29N. The van der Waals surface area contributed by atoms with Crippen molar-refractivity contribution in [2.45, 2.75) is 19.3 Å². The van der Waals surface area contributed by atoms with Gasteiger partial charge in [-0.2, -0.15) is 0 Å². The Labute approximate surface area is 251 Å². The molecule has 0 unspecified atom stereocenters. The van der Waals surface area contributed by atoms with Gasteiger partial charge in [-0.05, 0) is 95.0 Å². The summed E-state index contributed by atoms with van der Waals surface area (Å²) in [5, 5.41) is 8.99. The average Bonchev–Trinajstić information content (AvgIpc) is 3.06. The molecule has 0 amide bonds. The maximum Gasteiger partial charge on any atom is 0.0711 e. The maximum atomic E-state index is 4.77. The number of nitrogens with zero attached hydrogens (tertiary/aromatic N) is 1. The molecule has 0 atom stereocenters. The van der Waals surface area contributed by atoms with Crippen molar-refractivity contribution in [1.82, 2.24) is 4.98 Å². The zero-order chi connectivity index (χ0) is 28.7. The molecule has 0 saturated carbocycles. The zero-order valence-corrected chi connectivity index (χ0v) is 24.2. The normalized spacial score (nSPS) is 13.5. The number of benzene rings is 7. The van der Waals surface area contributed by atoms with E-state index in [4.69, 9.17) is 4.98 Å². The molecule has 0 spiro atoms. The van der Waals surface area contributed by atoms with Crippen molar-refractivity contribution in [3.63, 3.8) is 0 Å². The van der Waals surface area contributed by atoms with Crippen molar-refractivity contribution in [3.8, 4) is 33.4 Å². The van der Waals surface area contributed by atoms with Crippen molar-refractivity contribution < 1.29 is 0 Å². The Balaban J connectivity index is 1.48. The largest absolute Gasteiger partial charge is 0.256 e. The smallest absolute Gasteiger partial charge is 0.0711 e. The number of fused-ring (bicyclic) bond motifs is 6. The van der Waals surface area contributed by atoms with E-state index >= 15 is 0 Å². The molecule has 7 aromatic carbocycles. The van der Waals surface area contributed by atoms with Crippen LogP contribution in [-0.4, -0.2) is 4.98 Å². The quantitative estimate of drug-likeness (QED) is 0.196. The second kappa shape index (κ2) is 8.86. The number of pyridine rings is 1. The van der Waals surface area contributed by atoms with Gasteiger partial charge in [-0.25, -0.2) is 0 Å². The fourth-order valence-electron chi connectivity index (χ4n) is 7.78.